The summed E-state index contributed by atoms with van der Waals surface area (Å²) in [5.41, 5.74) is 1.27. The lowest BCUT2D eigenvalue weighted by Crippen LogP contribution is -2.50. The highest BCUT2D eigenvalue weighted by molar-refractivity contribution is 6.31. The van der Waals surface area contributed by atoms with E-state index in [1.165, 1.54) is 23.8 Å². The first-order valence-corrected chi connectivity index (χ1v) is 12.3. The lowest BCUT2D eigenvalue weighted by atomic mass is 9.73. The second-order valence-electron chi connectivity index (χ2n) is 9.15. The van der Waals surface area contributed by atoms with E-state index in [9.17, 15) is 14.0 Å². The van der Waals surface area contributed by atoms with Crippen molar-refractivity contribution in [3.63, 3.8) is 0 Å². The van der Waals surface area contributed by atoms with Crippen molar-refractivity contribution in [2.75, 3.05) is 38.1 Å². The molecule has 1 saturated heterocycles. The first-order chi connectivity index (χ1) is 16.4. The predicted molar refractivity (Wildman–Crippen MR) is 131 cm³/mol. The van der Waals surface area contributed by atoms with Gasteiger partial charge in [-0.05, 0) is 75.0 Å². The Hall–Kier alpha value is -2.64. The molecule has 0 atom stereocenters. The number of anilines is 1. The van der Waals surface area contributed by atoms with Crippen LogP contribution in [-0.4, -0.2) is 49.5 Å². The van der Waals surface area contributed by atoms with Crippen LogP contribution in [0.2, 0.25) is 5.02 Å². The Bertz CT molecular complexity index is 1020. The molecule has 4 rings (SSSR count). The van der Waals surface area contributed by atoms with Crippen molar-refractivity contribution in [3.8, 4) is 5.75 Å². The predicted octanol–water partition coefficient (Wildman–Crippen LogP) is 4.42. The lowest BCUT2D eigenvalue weighted by Gasteiger charge is -2.40. The van der Waals surface area contributed by atoms with Gasteiger partial charge in [0.15, 0.2) is 0 Å². The summed E-state index contributed by atoms with van der Waals surface area (Å²) in [5, 5.41) is 5.82. The smallest absolute Gasteiger partial charge is 0.238 e. The number of hydrogen-bond acceptors (Lipinski definition) is 4. The van der Waals surface area contributed by atoms with Crippen LogP contribution in [0.4, 0.5) is 10.1 Å². The van der Waals surface area contributed by atoms with Crippen molar-refractivity contribution in [2.45, 2.75) is 38.5 Å². The zero-order chi connectivity index (χ0) is 24.0. The van der Waals surface area contributed by atoms with Crippen LogP contribution in [0, 0.1) is 11.2 Å². The van der Waals surface area contributed by atoms with Gasteiger partial charge in [0, 0.05) is 5.69 Å². The van der Waals surface area contributed by atoms with Gasteiger partial charge in [-0.1, -0.05) is 36.2 Å². The molecule has 2 heterocycles. The maximum absolute atomic E-state index is 13.3. The number of nitrogens with one attached hydrogen (secondary N) is 2. The van der Waals surface area contributed by atoms with Crippen LogP contribution in [-0.2, 0) is 16.0 Å². The molecule has 0 bridgehead atoms. The quantitative estimate of drug-likeness (QED) is 0.672. The number of ether oxygens (including phenoxy) is 1. The summed E-state index contributed by atoms with van der Waals surface area (Å²) < 4.78 is 19.2. The normalized spacial score (nSPS) is 19.2. The standard InChI is InChI=1S/C26H31ClFN3O3/c27-21-17-20(8-9-22(21)28)30-24(32)18-31-14-11-26(12-15-31)10-4-3-6-19-5-1-2-7-23(19)34-16-13-29-25(26)33/h1-2,5,7-9,17H,3-4,6,10-16,18H2,(H,29,33)(H,30,32). The average molecular weight is 488 g/mol. The second-order valence-corrected chi connectivity index (χ2v) is 9.56. The third kappa shape index (κ3) is 6.07. The van der Waals surface area contributed by atoms with Gasteiger partial charge in [-0.25, -0.2) is 4.39 Å². The number of nitrogens with zero attached hydrogens (tertiary/aromatic N) is 1. The Balaban J connectivity index is 1.32. The number of para-hydroxylation sites is 1. The molecular formula is C26H31ClFN3O3. The number of benzene rings is 2. The van der Waals surface area contributed by atoms with Crippen LogP contribution in [0.3, 0.4) is 0 Å². The Morgan fingerprint density at radius 1 is 1.15 bits per heavy atom. The lowest BCUT2D eigenvalue weighted by molar-refractivity contribution is -0.135. The van der Waals surface area contributed by atoms with Crippen LogP contribution in [0.25, 0.3) is 0 Å². The summed E-state index contributed by atoms with van der Waals surface area (Å²) in [6.45, 7) is 2.48. The monoisotopic (exact) mass is 487 g/mol. The van der Waals surface area contributed by atoms with Gasteiger partial charge in [-0.3, -0.25) is 14.5 Å². The molecule has 0 radical (unpaired) electrons. The molecule has 34 heavy (non-hydrogen) atoms. The van der Waals surface area contributed by atoms with E-state index >= 15 is 0 Å². The number of carbonyl (C=O) groups excluding carboxylic acids is 2. The summed E-state index contributed by atoms with van der Waals surface area (Å²) in [4.78, 5) is 27.7. The van der Waals surface area contributed by atoms with Gasteiger partial charge in [-0.15, -0.1) is 0 Å². The van der Waals surface area contributed by atoms with Crippen molar-refractivity contribution in [2.24, 2.45) is 5.41 Å². The number of fused-ring (bicyclic) bond motifs is 1. The molecule has 2 N–H and O–H groups in total. The molecule has 182 valence electrons. The zero-order valence-corrected chi connectivity index (χ0v) is 20.0. The molecule has 8 heteroatoms. The largest absolute Gasteiger partial charge is 0.491 e. The minimum Gasteiger partial charge on any atom is -0.491 e. The Kier molecular flexibility index (Phi) is 8.06. The highest BCUT2D eigenvalue weighted by Gasteiger charge is 2.40. The van der Waals surface area contributed by atoms with E-state index in [-0.39, 0.29) is 23.4 Å². The Morgan fingerprint density at radius 2 is 1.94 bits per heavy atom. The van der Waals surface area contributed by atoms with E-state index in [0.29, 0.717) is 44.8 Å². The van der Waals surface area contributed by atoms with Gasteiger partial charge in [0.05, 0.1) is 23.5 Å². The van der Waals surface area contributed by atoms with Crippen molar-refractivity contribution < 1.29 is 18.7 Å². The summed E-state index contributed by atoms with van der Waals surface area (Å²) in [7, 11) is 0. The number of carbonyl (C=O) groups is 2. The Morgan fingerprint density at radius 3 is 2.74 bits per heavy atom. The SMILES string of the molecule is O=C(CN1CCC2(CCCCc3ccccc3OCCNC2=O)CC1)Nc1ccc(F)c(Cl)c1. The Labute approximate surface area is 204 Å². The molecule has 0 aliphatic carbocycles. The molecule has 2 amide bonds. The maximum atomic E-state index is 13.3. The van der Waals surface area contributed by atoms with Gasteiger partial charge >= 0.3 is 0 Å². The molecular weight excluding hydrogens is 457 g/mol. The van der Waals surface area contributed by atoms with Crippen molar-refractivity contribution in [3.05, 3.63) is 58.9 Å². The highest BCUT2D eigenvalue weighted by atomic mass is 35.5. The van der Waals surface area contributed by atoms with Crippen LogP contribution in [0.15, 0.2) is 42.5 Å². The van der Waals surface area contributed by atoms with Crippen LogP contribution >= 0.6 is 11.6 Å². The van der Waals surface area contributed by atoms with Gasteiger partial charge in [-0.2, -0.15) is 0 Å². The van der Waals surface area contributed by atoms with E-state index in [0.717, 1.165) is 31.4 Å². The summed E-state index contributed by atoms with van der Waals surface area (Å²) in [6.07, 6.45) is 5.18. The zero-order valence-electron chi connectivity index (χ0n) is 19.2. The highest BCUT2D eigenvalue weighted by Crippen LogP contribution is 2.37. The first-order valence-electron chi connectivity index (χ1n) is 11.9. The van der Waals surface area contributed by atoms with Gasteiger partial charge in [0.1, 0.15) is 18.2 Å². The van der Waals surface area contributed by atoms with Gasteiger partial charge in [0.25, 0.3) is 0 Å². The van der Waals surface area contributed by atoms with Gasteiger partial charge in [0.2, 0.25) is 11.8 Å². The van der Waals surface area contributed by atoms with E-state index in [1.54, 1.807) is 0 Å². The van der Waals surface area contributed by atoms with Crippen LogP contribution < -0.4 is 15.4 Å². The number of likely N-dealkylation sites (tertiary alicyclic amines) is 1. The van der Waals surface area contributed by atoms with Gasteiger partial charge < -0.3 is 15.4 Å². The summed E-state index contributed by atoms with van der Waals surface area (Å²) >= 11 is 5.79. The molecule has 0 unspecified atom stereocenters. The van der Waals surface area contributed by atoms with E-state index in [4.69, 9.17) is 16.3 Å². The molecule has 0 saturated carbocycles. The fraction of sp³-hybridized carbons (Fsp3) is 0.462. The number of piperidine rings is 1. The third-order valence-electron chi connectivity index (χ3n) is 6.83. The first kappa shape index (κ1) is 24.5. The van der Waals surface area contributed by atoms with Crippen LogP contribution in [0.5, 0.6) is 5.75 Å². The van der Waals surface area contributed by atoms with Crippen molar-refractivity contribution >= 4 is 29.1 Å². The summed E-state index contributed by atoms with van der Waals surface area (Å²) in [5.74, 6) is 0.293. The van der Waals surface area contributed by atoms with Crippen molar-refractivity contribution in [1.82, 2.24) is 10.2 Å². The number of halogens is 2. The second kappa shape index (κ2) is 11.2. The van der Waals surface area contributed by atoms with Crippen molar-refractivity contribution in [1.29, 1.82) is 0 Å². The molecule has 6 nitrogen and oxygen atoms in total. The molecule has 0 aromatic heterocycles. The molecule has 1 spiro atoms. The molecule has 1 fully saturated rings. The fourth-order valence-corrected chi connectivity index (χ4v) is 5.03. The topological polar surface area (TPSA) is 70.7 Å². The molecule has 2 aromatic rings. The molecule has 2 aliphatic heterocycles. The third-order valence-corrected chi connectivity index (χ3v) is 7.12. The maximum Gasteiger partial charge on any atom is 0.238 e. The van der Waals surface area contributed by atoms with E-state index in [2.05, 4.69) is 21.6 Å². The average Bonchev–Trinajstić information content (AvgIpc) is 2.83. The van der Waals surface area contributed by atoms with Crippen LogP contribution in [0.1, 0.15) is 37.7 Å². The summed E-state index contributed by atoms with van der Waals surface area (Å²) in [6, 6.07) is 12.2. The molecule has 2 aliphatic rings. The van der Waals surface area contributed by atoms with E-state index < -0.39 is 11.2 Å². The fourth-order valence-electron chi connectivity index (χ4n) is 4.85. The minimum absolute atomic E-state index is 0.0277. The number of rotatable bonds is 3. The molecule has 2 aromatic carbocycles. The minimum atomic E-state index is -0.521. The number of aryl methyl sites for hydroxylation is 1. The number of amides is 2. The van der Waals surface area contributed by atoms with E-state index in [1.807, 2.05) is 18.2 Å². The number of hydrogen-bond donors (Lipinski definition) is 2.